The topological polar surface area (TPSA) is 95.6 Å². The number of hydrogen-bond acceptors (Lipinski definition) is 4. The number of carbonyl (C=O) groups excluding carboxylic acids is 2. The van der Waals surface area contributed by atoms with E-state index in [1.165, 1.54) is 4.31 Å². The van der Waals surface area contributed by atoms with Gasteiger partial charge in [0.1, 0.15) is 0 Å². The van der Waals surface area contributed by atoms with Crippen molar-refractivity contribution < 1.29 is 18.0 Å². The van der Waals surface area contributed by atoms with Gasteiger partial charge in [0.2, 0.25) is 10.0 Å². The Bertz CT molecular complexity index is 986. The molecule has 2 amide bonds. The first-order chi connectivity index (χ1) is 14.2. The minimum atomic E-state index is -3.38. The Hall–Kier alpha value is -2.87. The number of hydrogen-bond donors (Lipinski definition) is 2. The minimum Gasteiger partial charge on any atom is -0.352 e. The van der Waals surface area contributed by atoms with Crippen molar-refractivity contribution in [1.82, 2.24) is 5.32 Å². The second kappa shape index (κ2) is 10.2. The SMILES string of the molecule is CCN(c1ccc(C(=O)Nc2ccccc2C(=O)NCC(C)C)cc1)S(=O)(=O)CC. The van der Waals surface area contributed by atoms with Crippen molar-refractivity contribution >= 4 is 33.2 Å². The molecule has 0 atom stereocenters. The standard InChI is InChI=1S/C22H29N3O4S/c1-5-25(30(28,29)6-2)18-13-11-17(12-14-18)21(26)24-20-10-8-7-9-19(20)22(27)23-15-16(3)4/h7-14,16H,5-6,15H2,1-4H3,(H,23,27)(H,24,26). The average molecular weight is 432 g/mol. The van der Waals surface area contributed by atoms with Crippen LogP contribution in [0.15, 0.2) is 48.5 Å². The Morgan fingerprint density at radius 2 is 1.60 bits per heavy atom. The summed E-state index contributed by atoms with van der Waals surface area (Å²) >= 11 is 0. The minimum absolute atomic E-state index is 0.00126. The number of nitrogens with zero attached hydrogens (tertiary/aromatic N) is 1. The Kier molecular flexibility index (Phi) is 8.00. The van der Waals surface area contributed by atoms with E-state index in [4.69, 9.17) is 0 Å². The molecule has 0 bridgehead atoms. The van der Waals surface area contributed by atoms with Crippen molar-refractivity contribution in [3.8, 4) is 0 Å². The third kappa shape index (κ3) is 5.82. The summed E-state index contributed by atoms with van der Waals surface area (Å²) in [6, 6.07) is 13.2. The fraction of sp³-hybridized carbons (Fsp3) is 0.364. The van der Waals surface area contributed by atoms with Crippen LogP contribution in [0.4, 0.5) is 11.4 Å². The molecule has 30 heavy (non-hydrogen) atoms. The van der Waals surface area contributed by atoms with E-state index in [-0.39, 0.29) is 17.6 Å². The Morgan fingerprint density at radius 1 is 0.967 bits per heavy atom. The number of benzene rings is 2. The van der Waals surface area contributed by atoms with Gasteiger partial charge in [-0.15, -0.1) is 0 Å². The van der Waals surface area contributed by atoms with Crippen molar-refractivity contribution in [2.45, 2.75) is 27.7 Å². The van der Waals surface area contributed by atoms with E-state index in [1.54, 1.807) is 62.4 Å². The van der Waals surface area contributed by atoms with E-state index in [9.17, 15) is 18.0 Å². The highest BCUT2D eigenvalue weighted by Crippen LogP contribution is 2.21. The first-order valence-electron chi connectivity index (χ1n) is 9.98. The van der Waals surface area contributed by atoms with Gasteiger partial charge in [-0.2, -0.15) is 0 Å². The monoisotopic (exact) mass is 431 g/mol. The first kappa shape index (κ1) is 23.4. The quantitative estimate of drug-likeness (QED) is 0.635. The molecule has 0 radical (unpaired) electrons. The number of anilines is 2. The van der Waals surface area contributed by atoms with Crippen LogP contribution in [0, 0.1) is 5.92 Å². The largest absolute Gasteiger partial charge is 0.352 e. The van der Waals surface area contributed by atoms with E-state index in [2.05, 4.69) is 10.6 Å². The highest BCUT2D eigenvalue weighted by Gasteiger charge is 2.19. The Morgan fingerprint density at radius 3 is 2.17 bits per heavy atom. The van der Waals surface area contributed by atoms with Crippen LogP contribution in [0.1, 0.15) is 48.4 Å². The van der Waals surface area contributed by atoms with Crippen LogP contribution in [-0.2, 0) is 10.0 Å². The van der Waals surface area contributed by atoms with Gasteiger partial charge in [0.15, 0.2) is 0 Å². The number of rotatable bonds is 9. The lowest BCUT2D eigenvalue weighted by Crippen LogP contribution is -2.32. The molecule has 0 aliphatic carbocycles. The molecule has 0 unspecified atom stereocenters. The molecule has 2 aromatic carbocycles. The van der Waals surface area contributed by atoms with Crippen molar-refractivity contribution in [2.24, 2.45) is 5.92 Å². The van der Waals surface area contributed by atoms with Gasteiger partial charge in [-0.3, -0.25) is 13.9 Å². The van der Waals surface area contributed by atoms with E-state index >= 15 is 0 Å². The summed E-state index contributed by atoms with van der Waals surface area (Å²) in [5, 5.41) is 5.61. The van der Waals surface area contributed by atoms with Crippen LogP contribution < -0.4 is 14.9 Å². The maximum absolute atomic E-state index is 12.7. The second-order valence-electron chi connectivity index (χ2n) is 7.22. The lowest BCUT2D eigenvalue weighted by Gasteiger charge is -2.22. The summed E-state index contributed by atoms with van der Waals surface area (Å²) < 4.78 is 25.7. The molecule has 162 valence electrons. The van der Waals surface area contributed by atoms with Gasteiger partial charge in [0.25, 0.3) is 11.8 Å². The number of amides is 2. The van der Waals surface area contributed by atoms with Gasteiger partial charge in [-0.1, -0.05) is 26.0 Å². The van der Waals surface area contributed by atoms with Crippen molar-refractivity contribution in [3.63, 3.8) is 0 Å². The third-order valence-electron chi connectivity index (χ3n) is 4.50. The van der Waals surface area contributed by atoms with Gasteiger partial charge >= 0.3 is 0 Å². The van der Waals surface area contributed by atoms with Gasteiger partial charge in [-0.05, 0) is 56.2 Å². The summed E-state index contributed by atoms with van der Waals surface area (Å²) in [4.78, 5) is 25.1. The van der Waals surface area contributed by atoms with E-state index in [0.717, 1.165) is 0 Å². The molecule has 2 N–H and O–H groups in total. The molecular weight excluding hydrogens is 402 g/mol. The maximum Gasteiger partial charge on any atom is 0.255 e. The molecule has 0 spiro atoms. The number of sulfonamides is 1. The lowest BCUT2D eigenvalue weighted by atomic mass is 10.1. The zero-order valence-corrected chi connectivity index (χ0v) is 18.6. The van der Waals surface area contributed by atoms with Gasteiger partial charge in [0.05, 0.1) is 22.7 Å². The molecule has 0 saturated heterocycles. The van der Waals surface area contributed by atoms with E-state index < -0.39 is 10.0 Å². The van der Waals surface area contributed by atoms with Gasteiger partial charge in [0, 0.05) is 18.7 Å². The van der Waals surface area contributed by atoms with Crippen LogP contribution in [-0.4, -0.2) is 39.1 Å². The Labute approximate surface area is 178 Å². The highest BCUT2D eigenvalue weighted by molar-refractivity contribution is 7.92. The summed E-state index contributed by atoms with van der Waals surface area (Å²) in [6.07, 6.45) is 0. The first-order valence-corrected chi connectivity index (χ1v) is 11.6. The summed E-state index contributed by atoms with van der Waals surface area (Å²) in [7, 11) is -3.38. The van der Waals surface area contributed by atoms with Crippen LogP contribution in [0.5, 0.6) is 0 Å². The number of para-hydroxylation sites is 1. The fourth-order valence-corrected chi connectivity index (χ4v) is 4.00. The highest BCUT2D eigenvalue weighted by atomic mass is 32.2. The molecule has 0 heterocycles. The van der Waals surface area contributed by atoms with Crippen molar-refractivity contribution in [2.75, 3.05) is 28.5 Å². The predicted molar refractivity (Wildman–Crippen MR) is 120 cm³/mol. The van der Waals surface area contributed by atoms with Crippen molar-refractivity contribution in [3.05, 3.63) is 59.7 Å². The molecule has 0 aromatic heterocycles. The van der Waals surface area contributed by atoms with Crippen LogP contribution in [0.2, 0.25) is 0 Å². The normalized spacial score (nSPS) is 11.2. The summed E-state index contributed by atoms with van der Waals surface area (Å²) in [5.74, 6) is -0.322. The van der Waals surface area contributed by atoms with E-state index in [0.29, 0.717) is 41.5 Å². The number of carbonyl (C=O) groups is 2. The molecule has 0 aliphatic heterocycles. The van der Waals surface area contributed by atoms with E-state index in [1.807, 2.05) is 13.8 Å². The van der Waals surface area contributed by atoms with Gasteiger partial charge < -0.3 is 10.6 Å². The molecule has 8 heteroatoms. The molecule has 0 aliphatic rings. The molecule has 0 saturated carbocycles. The molecule has 7 nitrogen and oxygen atoms in total. The fourth-order valence-electron chi connectivity index (χ4n) is 2.85. The van der Waals surface area contributed by atoms with Crippen LogP contribution >= 0.6 is 0 Å². The molecule has 2 aromatic rings. The van der Waals surface area contributed by atoms with Crippen molar-refractivity contribution in [1.29, 1.82) is 0 Å². The van der Waals surface area contributed by atoms with Crippen LogP contribution in [0.25, 0.3) is 0 Å². The molecule has 2 rings (SSSR count). The molecule has 0 fully saturated rings. The second-order valence-corrected chi connectivity index (χ2v) is 9.40. The zero-order chi connectivity index (χ0) is 22.3. The predicted octanol–water partition coefficient (Wildman–Crippen LogP) is 3.50. The number of nitrogens with one attached hydrogen (secondary N) is 2. The smallest absolute Gasteiger partial charge is 0.255 e. The molecular formula is C22H29N3O4S. The van der Waals surface area contributed by atoms with Crippen LogP contribution in [0.3, 0.4) is 0 Å². The van der Waals surface area contributed by atoms with Gasteiger partial charge in [-0.25, -0.2) is 8.42 Å². The average Bonchev–Trinajstić information content (AvgIpc) is 2.73. The third-order valence-corrected chi connectivity index (χ3v) is 6.37. The maximum atomic E-state index is 12.7. The summed E-state index contributed by atoms with van der Waals surface area (Å²) in [5.41, 5.74) is 1.66. The zero-order valence-electron chi connectivity index (χ0n) is 17.8. The summed E-state index contributed by atoms with van der Waals surface area (Å²) in [6.45, 7) is 8.20. The Balaban J connectivity index is 2.18. The lowest BCUT2D eigenvalue weighted by molar-refractivity contribution is 0.0950.